The zero-order valence-corrected chi connectivity index (χ0v) is 5.01. The summed E-state index contributed by atoms with van der Waals surface area (Å²) in [5, 5.41) is 8.59. The monoisotopic (exact) mass is 125 g/mol. The third kappa shape index (κ3) is 1.07. The topological polar surface area (TPSA) is 57.8 Å². The molecule has 0 atom stereocenters. The Morgan fingerprint density at radius 2 is 2.67 bits per heavy atom. The van der Waals surface area contributed by atoms with Gasteiger partial charge in [-0.15, -0.1) is 0 Å². The van der Waals surface area contributed by atoms with Crippen LogP contribution < -0.4 is 5.32 Å². The standard InChI is InChI=1S/C5H7N3O/c1-6-5(9)4-2-3-7-8-4/h2-3H,1H3,(H,6,9)(H,7,8). The fraction of sp³-hybridized carbons (Fsp3) is 0.200. The molecule has 1 aromatic heterocycles. The fourth-order valence-corrected chi connectivity index (χ4v) is 0.517. The van der Waals surface area contributed by atoms with Crippen LogP contribution in [0.4, 0.5) is 0 Å². The van der Waals surface area contributed by atoms with Gasteiger partial charge in [0.2, 0.25) is 0 Å². The second-order valence-corrected chi connectivity index (χ2v) is 1.55. The van der Waals surface area contributed by atoms with Gasteiger partial charge in [-0.3, -0.25) is 9.89 Å². The molecule has 0 saturated heterocycles. The number of aromatic amines is 1. The van der Waals surface area contributed by atoms with Crippen LogP contribution in [-0.2, 0) is 0 Å². The molecular weight excluding hydrogens is 118 g/mol. The number of nitrogens with zero attached hydrogens (tertiary/aromatic N) is 1. The maximum atomic E-state index is 10.7. The van der Waals surface area contributed by atoms with Gasteiger partial charge >= 0.3 is 0 Å². The van der Waals surface area contributed by atoms with Crippen molar-refractivity contribution in [1.82, 2.24) is 15.5 Å². The van der Waals surface area contributed by atoms with Crippen molar-refractivity contribution in [2.24, 2.45) is 0 Å². The van der Waals surface area contributed by atoms with Gasteiger partial charge in [-0.1, -0.05) is 0 Å². The maximum Gasteiger partial charge on any atom is 0.269 e. The Morgan fingerprint density at radius 3 is 3.11 bits per heavy atom. The Labute approximate surface area is 52.3 Å². The van der Waals surface area contributed by atoms with E-state index >= 15 is 0 Å². The Balaban J connectivity index is 2.77. The lowest BCUT2D eigenvalue weighted by molar-refractivity contribution is 0.0958. The summed E-state index contributed by atoms with van der Waals surface area (Å²) in [4.78, 5) is 10.7. The lowest BCUT2D eigenvalue weighted by Gasteiger charge is -1.90. The third-order valence-electron chi connectivity index (χ3n) is 0.972. The smallest absolute Gasteiger partial charge is 0.269 e. The first kappa shape index (κ1) is 5.81. The third-order valence-corrected chi connectivity index (χ3v) is 0.972. The number of nitrogens with one attached hydrogen (secondary N) is 2. The molecule has 0 unspecified atom stereocenters. The minimum Gasteiger partial charge on any atom is -0.354 e. The van der Waals surface area contributed by atoms with Gasteiger partial charge in [-0.05, 0) is 6.07 Å². The van der Waals surface area contributed by atoms with Crippen molar-refractivity contribution in [2.75, 3.05) is 7.05 Å². The van der Waals surface area contributed by atoms with Crippen molar-refractivity contribution in [3.05, 3.63) is 18.0 Å². The van der Waals surface area contributed by atoms with E-state index in [1.54, 1.807) is 13.1 Å². The Kier molecular flexibility index (Phi) is 1.48. The Hall–Kier alpha value is -1.32. The summed E-state index contributed by atoms with van der Waals surface area (Å²) < 4.78 is 0. The van der Waals surface area contributed by atoms with Crippen LogP contribution in [0.5, 0.6) is 0 Å². The summed E-state index contributed by atoms with van der Waals surface area (Å²) in [6.45, 7) is 0. The summed E-state index contributed by atoms with van der Waals surface area (Å²) in [7, 11) is 1.57. The molecule has 0 aliphatic carbocycles. The van der Waals surface area contributed by atoms with Crippen molar-refractivity contribution in [1.29, 1.82) is 0 Å². The quantitative estimate of drug-likeness (QED) is 0.544. The summed E-state index contributed by atoms with van der Waals surface area (Å²) in [6, 6.07) is 1.61. The van der Waals surface area contributed by atoms with E-state index in [9.17, 15) is 4.79 Å². The van der Waals surface area contributed by atoms with Crippen molar-refractivity contribution in [3.8, 4) is 0 Å². The molecule has 0 spiro atoms. The largest absolute Gasteiger partial charge is 0.354 e. The Morgan fingerprint density at radius 1 is 1.89 bits per heavy atom. The highest BCUT2D eigenvalue weighted by Crippen LogP contribution is 1.88. The number of H-pyrrole nitrogens is 1. The van der Waals surface area contributed by atoms with Gasteiger partial charge in [0, 0.05) is 13.2 Å². The van der Waals surface area contributed by atoms with Gasteiger partial charge in [0.15, 0.2) is 0 Å². The van der Waals surface area contributed by atoms with Gasteiger partial charge in [0.05, 0.1) is 0 Å². The van der Waals surface area contributed by atoms with E-state index in [2.05, 4.69) is 15.5 Å². The molecule has 0 saturated carbocycles. The predicted octanol–water partition coefficient (Wildman–Crippen LogP) is -0.231. The van der Waals surface area contributed by atoms with Crippen molar-refractivity contribution in [3.63, 3.8) is 0 Å². The molecule has 1 rings (SSSR count). The average molecular weight is 125 g/mol. The fourth-order valence-electron chi connectivity index (χ4n) is 0.517. The molecule has 4 nitrogen and oxygen atoms in total. The van der Waals surface area contributed by atoms with E-state index in [0.717, 1.165) is 0 Å². The first-order chi connectivity index (χ1) is 4.34. The molecule has 4 heteroatoms. The lowest BCUT2D eigenvalue weighted by atomic mass is 10.4. The van der Waals surface area contributed by atoms with E-state index in [0.29, 0.717) is 5.69 Å². The van der Waals surface area contributed by atoms with Gasteiger partial charge in [-0.25, -0.2) is 0 Å². The lowest BCUT2D eigenvalue weighted by Crippen LogP contribution is -2.17. The molecule has 0 aliphatic heterocycles. The van der Waals surface area contributed by atoms with E-state index in [1.165, 1.54) is 6.20 Å². The number of carbonyl (C=O) groups excluding carboxylic acids is 1. The number of hydrogen-bond donors (Lipinski definition) is 2. The van der Waals surface area contributed by atoms with E-state index in [-0.39, 0.29) is 5.91 Å². The number of rotatable bonds is 1. The van der Waals surface area contributed by atoms with Gasteiger partial charge in [-0.2, -0.15) is 5.10 Å². The van der Waals surface area contributed by atoms with Gasteiger partial charge in [0.1, 0.15) is 5.69 Å². The zero-order chi connectivity index (χ0) is 6.69. The maximum absolute atomic E-state index is 10.7. The van der Waals surface area contributed by atoms with Crippen LogP contribution in [0.25, 0.3) is 0 Å². The number of hydrogen-bond acceptors (Lipinski definition) is 2. The second kappa shape index (κ2) is 2.30. The molecule has 1 amide bonds. The normalized spacial score (nSPS) is 9.00. The molecule has 48 valence electrons. The highest BCUT2D eigenvalue weighted by molar-refractivity contribution is 5.91. The molecule has 0 bridgehead atoms. The van der Waals surface area contributed by atoms with Crippen LogP contribution in [0.2, 0.25) is 0 Å². The number of aromatic nitrogens is 2. The van der Waals surface area contributed by atoms with Crippen LogP contribution >= 0.6 is 0 Å². The summed E-state index contributed by atoms with van der Waals surface area (Å²) in [6.07, 6.45) is 1.53. The van der Waals surface area contributed by atoms with Crippen LogP contribution in [0.1, 0.15) is 10.5 Å². The molecule has 0 aromatic carbocycles. The first-order valence-electron chi connectivity index (χ1n) is 2.56. The highest BCUT2D eigenvalue weighted by atomic mass is 16.1. The minimum absolute atomic E-state index is 0.146. The number of carbonyl (C=O) groups is 1. The van der Waals surface area contributed by atoms with Crippen LogP contribution in [0, 0.1) is 0 Å². The van der Waals surface area contributed by atoms with E-state index < -0.39 is 0 Å². The van der Waals surface area contributed by atoms with E-state index in [4.69, 9.17) is 0 Å². The first-order valence-corrected chi connectivity index (χ1v) is 2.56. The average Bonchev–Trinajstić information content (AvgIpc) is 2.37. The van der Waals surface area contributed by atoms with Crippen molar-refractivity contribution < 1.29 is 4.79 Å². The van der Waals surface area contributed by atoms with Crippen LogP contribution in [0.15, 0.2) is 12.3 Å². The van der Waals surface area contributed by atoms with Gasteiger partial charge < -0.3 is 5.32 Å². The molecular formula is C5H7N3O. The van der Waals surface area contributed by atoms with Crippen LogP contribution in [-0.4, -0.2) is 23.2 Å². The molecule has 1 heterocycles. The Bertz CT molecular complexity index is 192. The number of amides is 1. The van der Waals surface area contributed by atoms with Crippen LogP contribution in [0.3, 0.4) is 0 Å². The predicted molar refractivity (Wildman–Crippen MR) is 32.0 cm³/mol. The molecule has 0 fully saturated rings. The molecule has 0 aliphatic rings. The summed E-state index contributed by atoms with van der Waals surface area (Å²) in [5.41, 5.74) is 0.484. The molecule has 0 radical (unpaired) electrons. The molecule has 9 heavy (non-hydrogen) atoms. The minimum atomic E-state index is -0.146. The van der Waals surface area contributed by atoms with E-state index in [1.807, 2.05) is 0 Å². The SMILES string of the molecule is CNC(=O)c1ccn[nH]1. The summed E-state index contributed by atoms with van der Waals surface area (Å²) >= 11 is 0. The van der Waals surface area contributed by atoms with Crippen molar-refractivity contribution in [2.45, 2.75) is 0 Å². The summed E-state index contributed by atoms with van der Waals surface area (Å²) in [5.74, 6) is -0.146. The molecule has 2 N–H and O–H groups in total. The van der Waals surface area contributed by atoms with Gasteiger partial charge in [0.25, 0.3) is 5.91 Å². The zero-order valence-electron chi connectivity index (χ0n) is 5.01. The molecule has 1 aromatic rings. The highest BCUT2D eigenvalue weighted by Gasteiger charge is 2.00. The second-order valence-electron chi connectivity index (χ2n) is 1.55. The van der Waals surface area contributed by atoms with Crippen molar-refractivity contribution >= 4 is 5.91 Å².